The molecule has 1 unspecified atom stereocenters. The van der Waals surface area contributed by atoms with Crippen LogP contribution >= 0.6 is 0 Å². The van der Waals surface area contributed by atoms with Crippen LogP contribution in [0.2, 0.25) is 0 Å². The Hall–Kier alpha value is -2.41. The molecule has 0 aliphatic rings. The molecule has 0 N–H and O–H groups in total. The van der Waals surface area contributed by atoms with Gasteiger partial charge < -0.3 is 4.74 Å². The van der Waals surface area contributed by atoms with Gasteiger partial charge in [-0.15, -0.1) is 0 Å². The summed E-state index contributed by atoms with van der Waals surface area (Å²) in [5.74, 6) is -0.425. The first-order valence-electron chi connectivity index (χ1n) is 7.92. The number of nitriles is 1. The third kappa shape index (κ3) is 4.29. The van der Waals surface area contributed by atoms with E-state index < -0.39 is 5.92 Å². The van der Waals surface area contributed by atoms with E-state index in [0.717, 1.165) is 22.2 Å². The number of esters is 1. The molecule has 4 nitrogen and oxygen atoms in total. The van der Waals surface area contributed by atoms with Crippen molar-refractivity contribution in [3.8, 4) is 6.07 Å². The monoisotopic (exact) mass is 310 g/mol. The fourth-order valence-corrected chi connectivity index (χ4v) is 2.54. The Labute approximate surface area is 137 Å². The highest BCUT2D eigenvalue weighted by molar-refractivity contribution is 5.83. The highest BCUT2D eigenvalue weighted by atomic mass is 16.5. The van der Waals surface area contributed by atoms with Gasteiger partial charge in [0.2, 0.25) is 0 Å². The fraction of sp³-hybridized carbons (Fsp3) is 0.421. The maximum atomic E-state index is 12.5. The van der Waals surface area contributed by atoms with E-state index in [2.05, 4.69) is 11.1 Å². The van der Waals surface area contributed by atoms with Crippen molar-refractivity contribution >= 4 is 16.9 Å². The van der Waals surface area contributed by atoms with Gasteiger partial charge in [0.05, 0.1) is 24.1 Å². The lowest BCUT2D eigenvalue weighted by Crippen LogP contribution is -2.19. The number of pyridine rings is 1. The molecule has 4 heteroatoms. The highest BCUT2D eigenvalue weighted by Crippen LogP contribution is 2.28. The van der Waals surface area contributed by atoms with Gasteiger partial charge in [0.25, 0.3) is 0 Å². The number of carbonyl (C=O) groups excluding carboxylic acids is 1. The number of hydrogen-bond acceptors (Lipinski definition) is 4. The molecule has 23 heavy (non-hydrogen) atoms. The van der Waals surface area contributed by atoms with Crippen LogP contribution in [0, 0.1) is 24.2 Å². The van der Waals surface area contributed by atoms with Crippen molar-refractivity contribution in [2.75, 3.05) is 6.61 Å². The van der Waals surface area contributed by atoms with E-state index in [1.54, 1.807) is 0 Å². The minimum absolute atomic E-state index is 0.269. The Morgan fingerprint density at radius 2 is 2.09 bits per heavy atom. The van der Waals surface area contributed by atoms with Crippen LogP contribution in [0.1, 0.15) is 43.9 Å². The van der Waals surface area contributed by atoms with Crippen molar-refractivity contribution < 1.29 is 9.53 Å². The van der Waals surface area contributed by atoms with E-state index in [4.69, 9.17) is 10.00 Å². The van der Waals surface area contributed by atoms with Crippen molar-refractivity contribution in [1.29, 1.82) is 5.26 Å². The summed E-state index contributed by atoms with van der Waals surface area (Å²) in [4.78, 5) is 17.1. The van der Waals surface area contributed by atoms with Crippen LogP contribution in [0.4, 0.5) is 0 Å². The molecule has 0 bridgehead atoms. The molecule has 2 aromatic rings. The zero-order chi connectivity index (χ0) is 16.8. The lowest BCUT2D eigenvalue weighted by atomic mass is 9.92. The number of rotatable bonds is 6. The van der Waals surface area contributed by atoms with E-state index >= 15 is 0 Å². The molecule has 0 radical (unpaired) electrons. The Morgan fingerprint density at radius 3 is 2.78 bits per heavy atom. The van der Waals surface area contributed by atoms with Crippen molar-refractivity contribution in [2.45, 2.75) is 39.5 Å². The molecular formula is C19H22N2O2. The molecule has 1 aromatic heterocycles. The van der Waals surface area contributed by atoms with Gasteiger partial charge in [-0.2, -0.15) is 5.26 Å². The molecule has 0 fully saturated rings. The Balaban J connectivity index is 2.36. The van der Waals surface area contributed by atoms with E-state index in [9.17, 15) is 4.79 Å². The van der Waals surface area contributed by atoms with Gasteiger partial charge in [0.1, 0.15) is 0 Å². The molecule has 0 saturated carbocycles. The predicted octanol–water partition coefficient (Wildman–Crippen LogP) is 4.13. The van der Waals surface area contributed by atoms with Crippen molar-refractivity contribution in [1.82, 2.24) is 4.98 Å². The number of ether oxygens (including phenoxy) is 1. The predicted molar refractivity (Wildman–Crippen MR) is 89.9 cm³/mol. The zero-order valence-corrected chi connectivity index (χ0v) is 13.9. The molecule has 0 amide bonds. The van der Waals surface area contributed by atoms with Gasteiger partial charge in [-0.25, -0.2) is 0 Å². The van der Waals surface area contributed by atoms with Crippen LogP contribution < -0.4 is 0 Å². The van der Waals surface area contributed by atoms with Crippen molar-refractivity contribution in [3.05, 3.63) is 41.6 Å². The maximum absolute atomic E-state index is 12.5. The molecule has 1 heterocycles. The second-order valence-corrected chi connectivity index (χ2v) is 6.13. The Kier molecular flexibility index (Phi) is 5.70. The van der Waals surface area contributed by atoms with Crippen molar-refractivity contribution in [3.63, 3.8) is 0 Å². The number of aryl methyl sites for hydroxylation is 1. The second kappa shape index (κ2) is 7.73. The van der Waals surface area contributed by atoms with Crippen LogP contribution in [-0.4, -0.2) is 17.6 Å². The standard InChI is InChI=1S/C19H22N2O2/c1-13(2)12-23-19(22)16(8-6-10-20)17-11-15-7-4-5-9-18(15)21-14(17)3/h4-5,7,9,11,13,16H,6,8,12H2,1-3H3. The lowest BCUT2D eigenvalue weighted by molar-refractivity contribution is -0.146. The summed E-state index contributed by atoms with van der Waals surface area (Å²) in [6.45, 7) is 6.29. The molecule has 1 atom stereocenters. The molecule has 0 aliphatic carbocycles. The van der Waals surface area contributed by atoms with Gasteiger partial charge in [-0.05, 0) is 37.0 Å². The molecule has 2 rings (SSSR count). The topological polar surface area (TPSA) is 63.0 Å². The van der Waals surface area contributed by atoms with E-state index in [1.807, 2.05) is 51.1 Å². The third-order valence-corrected chi connectivity index (χ3v) is 3.72. The van der Waals surface area contributed by atoms with Crippen LogP contribution in [-0.2, 0) is 9.53 Å². The minimum Gasteiger partial charge on any atom is -0.465 e. The Morgan fingerprint density at radius 1 is 1.35 bits per heavy atom. The molecule has 120 valence electrons. The number of fused-ring (bicyclic) bond motifs is 1. The number of hydrogen-bond donors (Lipinski definition) is 0. The summed E-state index contributed by atoms with van der Waals surface area (Å²) in [5, 5.41) is 9.88. The second-order valence-electron chi connectivity index (χ2n) is 6.13. The molecule has 0 saturated heterocycles. The maximum Gasteiger partial charge on any atom is 0.313 e. The quantitative estimate of drug-likeness (QED) is 0.753. The Bertz CT molecular complexity index is 732. The van der Waals surface area contributed by atoms with E-state index in [0.29, 0.717) is 19.4 Å². The fourth-order valence-electron chi connectivity index (χ4n) is 2.54. The SMILES string of the molecule is Cc1nc2ccccc2cc1C(CCC#N)C(=O)OCC(C)C. The largest absolute Gasteiger partial charge is 0.465 e. The molecule has 1 aromatic carbocycles. The van der Waals surface area contributed by atoms with Crippen LogP contribution in [0.15, 0.2) is 30.3 Å². The number of aromatic nitrogens is 1. The van der Waals surface area contributed by atoms with Crippen LogP contribution in [0.5, 0.6) is 0 Å². The average Bonchev–Trinajstić information content (AvgIpc) is 2.53. The van der Waals surface area contributed by atoms with Gasteiger partial charge in [0, 0.05) is 17.5 Å². The van der Waals surface area contributed by atoms with Gasteiger partial charge in [0.15, 0.2) is 0 Å². The first-order chi connectivity index (χ1) is 11.0. The number of nitrogens with zero attached hydrogens (tertiary/aromatic N) is 2. The summed E-state index contributed by atoms with van der Waals surface area (Å²) in [6, 6.07) is 11.9. The first kappa shape index (κ1) is 17.0. The number of carbonyl (C=O) groups is 1. The smallest absolute Gasteiger partial charge is 0.313 e. The molecular weight excluding hydrogens is 288 g/mol. The third-order valence-electron chi connectivity index (χ3n) is 3.72. The molecule has 0 spiro atoms. The first-order valence-corrected chi connectivity index (χ1v) is 7.92. The number of para-hydroxylation sites is 1. The van der Waals surface area contributed by atoms with Crippen LogP contribution in [0.25, 0.3) is 10.9 Å². The van der Waals surface area contributed by atoms with Crippen LogP contribution in [0.3, 0.4) is 0 Å². The van der Waals surface area contributed by atoms with E-state index in [-0.39, 0.29) is 11.9 Å². The summed E-state index contributed by atoms with van der Waals surface area (Å²) in [7, 11) is 0. The summed E-state index contributed by atoms with van der Waals surface area (Å²) >= 11 is 0. The van der Waals surface area contributed by atoms with E-state index in [1.165, 1.54) is 0 Å². The average molecular weight is 310 g/mol. The lowest BCUT2D eigenvalue weighted by Gasteiger charge is -2.18. The van der Waals surface area contributed by atoms with Crippen molar-refractivity contribution in [2.24, 2.45) is 5.92 Å². The summed E-state index contributed by atoms with van der Waals surface area (Å²) < 4.78 is 5.41. The van der Waals surface area contributed by atoms with Gasteiger partial charge in [-0.3, -0.25) is 9.78 Å². The summed E-state index contributed by atoms with van der Waals surface area (Å²) in [5.41, 5.74) is 2.57. The molecule has 0 aliphatic heterocycles. The zero-order valence-electron chi connectivity index (χ0n) is 13.9. The normalized spacial score (nSPS) is 12.1. The van der Waals surface area contributed by atoms with Gasteiger partial charge in [-0.1, -0.05) is 32.0 Å². The number of benzene rings is 1. The minimum atomic E-state index is -0.439. The highest BCUT2D eigenvalue weighted by Gasteiger charge is 2.25. The van der Waals surface area contributed by atoms with Gasteiger partial charge >= 0.3 is 5.97 Å². The summed E-state index contributed by atoms with van der Waals surface area (Å²) in [6.07, 6.45) is 0.766.